The monoisotopic (exact) mass is 345 g/mol. The fourth-order valence-electron chi connectivity index (χ4n) is 3.34. The zero-order chi connectivity index (χ0) is 18.0. The van der Waals surface area contributed by atoms with Gasteiger partial charge in [0.05, 0.1) is 12.2 Å². The fourth-order valence-corrected chi connectivity index (χ4v) is 3.34. The Morgan fingerprint density at radius 2 is 1.92 bits per heavy atom. The quantitative estimate of drug-likeness (QED) is 0.791. The van der Waals surface area contributed by atoms with E-state index in [1.807, 2.05) is 43.3 Å². The van der Waals surface area contributed by atoms with Crippen molar-refractivity contribution in [2.75, 3.05) is 6.61 Å². The summed E-state index contributed by atoms with van der Waals surface area (Å²) in [7, 11) is 0. The van der Waals surface area contributed by atoms with E-state index >= 15 is 0 Å². The third kappa shape index (κ3) is 2.81. The molecule has 0 radical (unpaired) electrons. The highest BCUT2D eigenvalue weighted by Crippen LogP contribution is 2.40. The minimum absolute atomic E-state index is 0.183. The van der Waals surface area contributed by atoms with Crippen LogP contribution in [-0.2, 0) is 5.54 Å². The summed E-state index contributed by atoms with van der Waals surface area (Å²) in [4.78, 5) is 21.6. The smallest absolute Gasteiger partial charge is 0.253 e. The number of hydrogen-bond donors (Lipinski definition) is 1. The van der Waals surface area contributed by atoms with Crippen LogP contribution in [0.4, 0.5) is 0 Å². The molecule has 1 N–H and O–H groups in total. The fraction of sp³-hybridized carbons (Fsp3) is 0.190. The maximum Gasteiger partial charge on any atom is 0.253 e. The summed E-state index contributed by atoms with van der Waals surface area (Å²) in [5, 5.41) is 3.22. The van der Waals surface area contributed by atoms with Gasteiger partial charge in [-0.1, -0.05) is 29.8 Å². The van der Waals surface area contributed by atoms with E-state index in [0.29, 0.717) is 24.3 Å². The van der Waals surface area contributed by atoms with Crippen LogP contribution in [0.3, 0.4) is 0 Å². The summed E-state index contributed by atoms with van der Waals surface area (Å²) >= 11 is 0. The molecule has 2 aromatic heterocycles. The lowest BCUT2D eigenvalue weighted by molar-refractivity contribution is 0.0883. The minimum atomic E-state index is -0.741. The van der Waals surface area contributed by atoms with Crippen molar-refractivity contribution in [1.82, 2.24) is 15.3 Å². The molecule has 3 heterocycles. The van der Waals surface area contributed by atoms with Crippen molar-refractivity contribution >= 4 is 5.91 Å². The SMILES string of the molecule is Cc1ccc([C@@]2(NC(=O)c3cccnc3)CCOc3cccnc32)cc1. The summed E-state index contributed by atoms with van der Waals surface area (Å²) in [6.07, 6.45) is 5.55. The van der Waals surface area contributed by atoms with Crippen molar-refractivity contribution in [3.63, 3.8) is 0 Å². The molecule has 0 saturated heterocycles. The van der Waals surface area contributed by atoms with Gasteiger partial charge < -0.3 is 10.1 Å². The second-order valence-corrected chi connectivity index (χ2v) is 6.42. The first kappa shape index (κ1) is 16.3. The first-order valence-electron chi connectivity index (χ1n) is 8.57. The Morgan fingerprint density at radius 1 is 1.12 bits per heavy atom. The Labute approximate surface area is 152 Å². The molecule has 1 amide bonds. The largest absolute Gasteiger partial charge is 0.491 e. The molecule has 26 heavy (non-hydrogen) atoms. The Hall–Kier alpha value is -3.21. The van der Waals surface area contributed by atoms with Crippen LogP contribution in [0, 0.1) is 6.92 Å². The predicted molar refractivity (Wildman–Crippen MR) is 98.0 cm³/mol. The normalized spacial score (nSPS) is 18.5. The third-order valence-corrected chi connectivity index (χ3v) is 4.70. The highest BCUT2D eigenvalue weighted by Gasteiger charge is 2.42. The first-order chi connectivity index (χ1) is 12.7. The number of nitrogens with one attached hydrogen (secondary N) is 1. The van der Waals surface area contributed by atoms with Crippen LogP contribution in [0.25, 0.3) is 0 Å². The number of aryl methyl sites for hydroxylation is 1. The van der Waals surface area contributed by atoms with Gasteiger partial charge in [-0.25, -0.2) is 0 Å². The molecule has 5 nitrogen and oxygen atoms in total. The van der Waals surface area contributed by atoms with Crippen LogP contribution in [0.2, 0.25) is 0 Å². The molecular weight excluding hydrogens is 326 g/mol. The maximum atomic E-state index is 12.9. The van der Waals surface area contributed by atoms with E-state index in [1.165, 1.54) is 0 Å². The van der Waals surface area contributed by atoms with Gasteiger partial charge in [-0.15, -0.1) is 0 Å². The lowest BCUT2D eigenvalue weighted by Gasteiger charge is -2.39. The molecule has 4 rings (SSSR count). The Bertz CT molecular complexity index is 926. The van der Waals surface area contributed by atoms with Crippen LogP contribution in [-0.4, -0.2) is 22.5 Å². The summed E-state index contributed by atoms with van der Waals surface area (Å²) in [5.74, 6) is 0.517. The number of pyridine rings is 2. The maximum absolute atomic E-state index is 12.9. The van der Waals surface area contributed by atoms with E-state index in [0.717, 1.165) is 16.8 Å². The topological polar surface area (TPSA) is 64.1 Å². The van der Waals surface area contributed by atoms with Crippen LogP contribution in [0.15, 0.2) is 67.1 Å². The summed E-state index contributed by atoms with van der Waals surface area (Å²) in [6, 6.07) is 15.4. The number of carbonyl (C=O) groups excluding carboxylic acids is 1. The zero-order valence-corrected chi connectivity index (χ0v) is 14.5. The number of ether oxygens (including phenoxy) is 1. The molecule has 0 saturated carbocycles. The standard InChI is InChI=1S/C21H19N3O2/c1-15-6-8-17(9-7-15)21(24-20(25)16-4-2-11-22-14-16)10-13-26-18-5-3-12-23-19(18)21/h2-9,11-12,14H,10,13H2,1H3,(H,24,25)/t21-/m0/s1. The molecule has 0 spiro atoms. The minimum Gasteiger partial charge on any atom is -0.491 e. The van der Waals surface area contributed by atoms with Crippen molar-refractivity contribution in [2.24, 2.45) is 0 Å². The van der Waals surface area contributed by atoms with Crippen LogP contribution < -0.4 is 10.1 Å². The van der Waals surface area contributed by atoms with E-state index in [2.05, 4.69) is 15.3 Å². The number of benzene rings is 1. The summed E-state index contributed by atoms with van der Waals surface area (Å²) in [6.45, 7) is 2.54. The molecule has 0 aliphatic carbocycles. The number of hydrogen-bond acceptors (Lipinski definition) is 4. The molecule has 3 aromatic rings. The summed E-state index contributed by atoms with van der Waals surface area (Å²) in [5.41, 5.74) is 2.66. The average molecular weight is 345 g/mol. The first-order valence-corrected chi connectivity index (χ1v) is 8.57. The highest BCUT2D eigenvalue weighted by molar-refractivity contribution is 5.94. The molecule has 130 valence electrons. The molecule has 0 unspecified atom stereocenters. The van der Waals surface area contributed by atoms with Gasteiger partial charge >= 0.3 is 0 Å². The van der Waals surface area contributed by atoms with Gasteiger partial charge in [-0.05, 0) is 36.8 Å². The average Bonchev–Trinajstić information content (AvgIpc) is 2.69. The van der Waals surface area contributed by atoms with Crippen molar-refractivity contribution in [3.05, 3.63) is 89.5 Å². The molecule has 5 heteroatoms. The van der Waals surface area contributed by atoms with Crippen molar-refractivity contribution < 1.29 is 9.53 Å². The molecule has 1 aromatic carbocycles. The number of carbonyl (C=O) groups is 1. The van der Waals surface area contributed by atoms with E-state index in [4.69, 9.17) is 4.74 Å². The number of fused-ring (bicyclic) bond motifs is 1. The van der Waals surface area contributed by atoms with Crippen molar-refractivity contribution in [2.45, 2.75) is 18.9 Å². The lowest BCUT2D eigenvalue weighted by atomic mass is 9.81. The summed E-state index contributed by atoms with van der Waals surface area (Å²) < 4.78 is 5.79. The number of amides is 1. The van der Waals surface area contributed by atoms with E-state index in [-0.39, 0.29) is 5.91 Å². The molecule has 1 aliphatic rings. The van der Waals surface area contributed by atoms with Gasteiger partial charge in [-0.3, -0.25) is 14.8 Å². The third-order valence-electron chi connectivity index (χ3n) is 4.70. The lowest BCUT2D eigenvalue weighted by Crippen LogP contribution is -2.50. The van der Waals surface area contributed by atoms with E-state index in [9.17, 15) is 4.79 Å². The van der Waals surface area contributed by atoms with E-state index < -0.39 is 5.54 Å². The van der Waals surface area contributed by atoms with Crippen LogP contribution in [0.5, 0.6) is 5.75 Å². The van der Waals surface area contributed by atoms with Gasteiger partial charge in [0.2, 0.25) is 0 Å². The number of nitrogens with zero attached hydrogens (tertiary/aromatic N) is 2. The predicted octanol–water partition coefficient (Wildman–Crippen LogP) is 3.24. The van der Waals surface area contributed by atoms with Gasteiger partial charge in [0.1, 0.15) is 17.0 Å². The molecule has 0 fully saturated rings. The number of rotatable bonds is 3. The van der Waals surface area contributed by atoms with Crippen LogP contribution in [0.1, 0.15) is 33.6 Å². The number of aromatic nitrogens is 2. The zero-order valence-electron chi connectivity index (χ0n) is 14.5. The Balaban J connectivity index is 1.83. The molecular formula is C21H19N3O2. The van der Waals surface area contributed by atoms with Gasteiger partial charge in [0.15, 0.2) is 0 Å². The van der Waals surface area contributed by atoms with Crippen molar-refractivity contribution in [3.8, 4) is 5.75 Å². The second-order valence-electron chi connectivity index (χ2n) is 6.42. The van der Waals surface area contributed by atoms with Gasteiger partial charge in [0, 0.05) is 25.0 Å². The van der Waals surface area contributed by atoms with E-state index in [1.54, 1.807) is 30.7 Å². The second kappa shape index (κ2) is 6.59. The van der Waals surface area contributed by atoms with Crippen molar-refractivity contribution in [1.29, 1.82) is 0 Å². The Morgan fingerprint density at radius 3 is 2.69 bits per heavy atom. The Kier molecular flexibility index (Phi) is 4.13. The highest BCUT2D eigenvalue weighted by atomic mass is 16.5. The molecule has 1 atom stereocenters. The molecule has 0 bridgehead atoms. The molecule has 1 aliphatic heterocycles. The van der Waals surface area contributed by atoms with Gasteiger partial charge in [-0.2, -0.15) is 0 Å². The van der Waals surface area contributed by atoms with Gasteiger partial charge in [0.25, 0.3) is 5.91 Å². The van der Waals surface area contributed by atoms with Crippen LogP contribution >= 0.6 is 0 Å².